The molecule has 2 nitrogen and oxygen atoms in total. The number of nitrogens with zero attached hydrogens (tertiary/aromatic N) is 1. The molecule has 0 bridgehead atoms. The Kier molecular flexibility index (Phi) is 3.08. The van der Waals surface area contributed by atoms with Gasteiger partial charge in [0.05, 0.1) is 6.54 Å². The van der Waals surface area contributed by atoms with Gasteiger partial charge in [-0.25, -0.2) is 8.78 Å². The number of hydrogen-bond donors (Lipinski definition) is 0. The zero-order valence-corrected chi connectivity index (χ0v) is 9.81. The molecule has 1 aliphatic heterocycles. The van der Waals surface area contributed by atoms with E-state index in [9.17, 15) is 13.6 Å². The van der Waals surface area contributed by atoms with Crippen LogP contribution in [-0.4, -0.2) is 29.3 Å². The second-order valence-electron chi connectivity index (χ2n) is 5.42. The highest BCUT2D eigenvalue weighted by Crippen LogP contribution is 2.37. The summed E-state index contributed by atoms with van der Waals surface area (Å²) in [5.41, 5.74) is -0.137. The molecule has 1 aliphatic rings. The van der Waals surface area contributed by atoms with Gasteiger partial charge in [-0.05, 0) is 11.8 Å². The predicted octanol–water partition coefficient (Wildman–Crippen LogP) is 2.68. The van der Waals surface area contributed by atoms with Crippen molar-refractivity contribution in [3.63, 3.8) is 0 Å². The molecule has 1 fully saturated rings. The lowest BCUT2D eigenvalue weighted by Gasteiger charge is -2.45. The van der Waals surface area contributed by atoms with Crippen LogP contribution in [0, 0.1) is 5.41 Å². The predicted molar refractivity (Wildman–Crippen MR) is 54.8 cm³/mol. The molecule has 0 N–H and O–H groups in total. The summed E-state index contributed by atoms with van der Waals surface area (Å²) in [4.78, 5) is 12.7. The van der Waals surface area contributed by atoms with E-state index in [0.717, 1.165) is 0 Å². The van der Waals surface area contributed by atoms with Crippen LogP contribution in [0.1, 0.15) is 40.5 Å². The zero-order valence-electron chi connectivity index (χ0n) is 9.81. The quantitative estimate of drug-likeness (QED) is 0.613. The molecule has 0 aromatic carbocycles. The molecule has 0 radical (unpaired) electrons. The number of carbonyl (C=O) groups is 1. The van der Waals surface area contributed by atoms with Gasteiger partial charge in [0.15, 0.2) is 0 Å². The minimum Gasteiger partial charge on any atom is -0.333 e. The topological polar surface area (TPSA) is 20.3 Å². The third-order valence-corrected chi connectivity index (χ3v) is 2.97. The van der Waals surface area contributed by atoms with Crippen molar-refractivity contribution in [2.45, 2.75) is 52.5 Å². The highest BCUT2D eigenvalue weighted by Gasteiger charge is 2.44. The number of alkyl halides is 2. The van der Waals surface area contributed by atoms with Crippen LogP contribution in [0.3, 0.4) is 0 Å². The van der Waals surface area contributed by atoms with Gasteiger partial charge >= 0.3 is 0 Å². The van der Waals surface area contributed by atoms with Crippen molar-refractivity contribution in [1.82, 2.24) is 4.90 Å². The summed E-state index contributed by atoms with van der Waals surface area (Å²) < 4.78 is 26.4. The fourth-order valence-corrected chi connectivity index (χ4v) is 2.17. The largest absolute Gasteiger partial charge is 0.333 e. The van der Waals surface area contributed by atoms with Gasteiger partial charge in [0, 0.05) is 19.4 Å². The van der Waals surface area contributed by atoms with Gasteiger partial charge in [-0.15, -0.1) is 0 Å². The number of likely N-dealkylation sites (tertiary alicyclic amines) is 1. The Balaban J connectivity index is 2.86. The highest BCUT2D eigenvalue weighted by atomic mass is 19.3. The highest BCUT2D eigenvalue weighted by molar-refractivity contribution is 5.74. The van der Waals surface area contributed by atoms with Crippen molar-refractivity contribution in [2.24, 2.45) is 5.41 Å². The molecule has 1 saturated heterocycles. The second-order valence-corrected chi connectivity index (χ2v) is 5.42. The number of halogens is 2. The molecule has 0 aromatic rings. The molecule has 0 saturated carbocycles. The lowest BCUT2D eigenvalue weighted by Crippen LogP contribution is -2.55. The molecule has 88 valence electrons. The summed E-state index contributed by atoms with van der Waals surface area (Å²) in [6, 6.07) is -0.0744. The summed E-state index contributed by atoms with van der Waals surface area (Å²) in [5, 5.41) is 0. The summed E-state index contributed by atoms with van der Waals surface area (Å²) in [6.07, 6.45) is 0.273. The number of amides is 1. The van der Waals surface area contributed by atoms with Crippen molar-refractivity contribution < 1.29 is 13.6 Å². The number of carbonyl (C=O) groups excluding carboxylic acids is 1. The number of piperidine rings is 1. The summed E-state index contributed by atoms with van der Waals surface area (Å²) in [6.45, 7) is 6.88. The molecular formula is C11H19F2NO. The molecule has 0 spiro atoms. The van der Waals surface area contributed by atoms with E-state index in [1.54, 1.807) is 0 Å². The first kappa shape index (κ1) is 12.4. The van der Waals surface area contributed by atoms with Gasteiger partial charge in [0.2, 0.25) is 5.91 Å². The van der Waals surface area contributed by atoms with Gasteiger partial charge in [-0.1, -0.05) is 20.8 Å². The summed E-state index contributed by atoms with van der Waals surface area (Å²) in [7, 11) is 0. The van der Waals surface area contributed by atoms with Crippen molar-refractivity contribution in [1.29, 1.82) is 0 Å². The molecule has 1 heterocycles. The first-order chi connectivity index (χ1) is 6.63. The maximum Gasteiger partial charge on any atom is 0.265 e. The van der Waals surface area contributed by atoms with Crippen LogP contribution in [0.4, 0.5) is 8.78 Å². The van der Waals surface area contributed by atoms with E-state index in [1.165, 1.54) is 11.8 Å². The Morgan fingerprint density at radius 1 is 1.40 bits per heavy atom. The second kappa shape index (κ2) is 3.72. The Bertz CT molecular complexity index is 258. The van der Waals surface area contributed by atoms with E-state index in [2.05, 4.69) is 0 Å². The van der Waals surface area contributed by atoms with Crippen molar-refractivity contribution in [3.8, 4) is 0 Å². The minimum absolute atomic E-state index is 0.0744. The molecule has 1 atom stereocenters. The third kappa shape index (κ3) is 2.89. The first-order valence-corrected chi connectivity index (χ1v) is 5.28. The van der Waals surface area contributed by atoms with Crippen LogP contribution in [0.15, 0.2) is 0 Å². The van der Waals surface area contributed by atoms with Crippen LogP contribution in [-0.2, 0) is 4.79 Å². The van der Waals surface area contributed by atoms with Crippen LogP contribution >= 0.6 is 0 Å². The van der Waals surface area contributed by atoms with Gasteiger partial charge < -0.3 is 4.90 Å². The third-order valence-electron chi connectivity index (χ3n) is 2.97. The maximum absolute atomic E-state index is 13.2. The molecule has 1 rings (SSSR count). The normalized spacial score (nSPS) is 26.5. The summed E-state index contributed by atoms with van der Waals surface area (Å²) in [5.74, 6) is -2.97. The lowest BCUT2D eigenvalue weighted by atomic mass is 9.80. The molecular weight excluding hydrogens is 200 g/mol. The zero-order chi connectivity index (χ0) is 11.9. The van der Waals surface area contributed by atoms with Crippen molar-refractivity contribution >= 4 is 5.91 Å². The molecule has 1 unspecified atom stereocenters. The Labute approximate surface area is 89.6 Å². The van der Waals surface area contributed by atoms with Gasteiger partial charge in [0.25, 0.3) is 5.92 Å². The summed E-state index contributed by atoms with van der Waals surface area (Å²) >= 11 is 0. The van der Waals surface area contributed by atoms with E-state index < -0.39 is 12.5 Å². The number of hydrogen-bond acceptors (Lipinski definition) is 1. The van der Waals surface area contributed by atoms with Crippen LogP contribution in [0.25, 0.3) is 0 Å². The standard InChI is InChI=1S/C11H19F2NO/c1-8(15)14-7-11(12,13)6-5-9(14)10(2,3)4/h9H,5-7H2,1-4H3. The SMILES string of the molecule is CC(=O)N1CC(F)(F)CCC1C(C)(C)C. The fourth-order valence-electron chi connectivity index (χ4n) is 2.17. The van der Waals surface area contributed by atoms with E-state index in [4.69, 9.17) is 0 Å². The lowest BCUT2D eigenvalue weighted by molar-refractivity contribution is -0.150. The van der Waals surface area contributed by atoms with Crippen LogP contribution in [0.5, 0.6) is 0 Å². The van der Waals surface area contributed by atoms with Gasteiger partial charge in [-0.2, -0.15) is 0 Å². The van der Waals surface area contributed by atoms with E-state index in [1.807, 2.05) is 20.8 Å². The van der Waals surface area contributed by atoms with Crippen LogP contribution in [0.2, 0.25) is 0 Å². The monoisotopic (exact) mass is 219 g/mol. The fraction of sp³-hybridized carbons (Fsp3) is 0.909. The molecule has 0 aliphatic carbocycles. The van der Waals surface area contributed by atoms with E-state index in [-0.39, 0.29) is 23.8 Å². The molecule has 15 heavy (non-hydrogen) atoms. The Morgan fingerprint density at radius 3 is 2.33 bits per heavy atom. The first-order valence-electron chi connectivity index (χ1n) is 5.28. The average Bonchev–Trinajstić information content (AvgIpc) is 1.99. The van der Waals surface area contributed by atoms with Crippen molar-refractivity contribution in [3.05, 3.63) is 0 Å². The Morgan fingerprint density at radius 2 is 1.93 bits per heavy atom. The Hall–Kier alpha value is -0.670. The minimum atomic E-state index is -2.71. The van der Waals surface area contributed by atoms with Crippen LogP contribution < -0.4 is 0 Å². The molecule has 0 aromatic heterocycles. The smallest absolute Gasteiger partial charge is 0.265 e. The van der Waals surface area contributed by atoms with Gasteiger partial charge in [-0.3, -0.25) is 4.79 Å². The average molecular weight is 219 g/mol. The molecule has 1 amide bonds. The van der Waals surface area contributed by atoms with E-state index in [0.29, 0.717) is 6.42 Å². The molecule has 4 heteroatoms. The van der Waals surface area contributed by atoms with Gasteiger partial charge in [0.1, 0.15) is 0 Å². The number of rotatable bonds is 0. The maximum atomic E-state index is 13.2. The van der Waals surface area contributed by atoms with E-state index >= 15 is 0 Å². The van der Waals surface area contributed by atoms with Crippen molar-refractivity contribution in [2.75, 3.05) is 6.54 Å².